The van der Waals surface area contributed by atoms with Gasteiger partial charge < -0.3 is 11.1 Å². The summed E-state index contributed by atoms with van der Waals surface area (Å²) in [6.45, 7) is 0. The number of amidine groups is 3. The lowest BCUT2D eigenvalue weighted by Gasteiger charge is -2.23. The van der Waals surface area contributed by atoms with E-state index in [9.17, 15) is 0 Å². The highest BCUT2D eigenvalue weighted by molar-refractivity contribution is 7.26. The summed E-state index contributed by atoms with van der Waals surface area (Å²) in [4.78, 5) is 17.0. The van der Waals surface area contributed by atoms with Gasteiger partial charge in [0.15, 0.2) is 6.17 Å². The van der Waals surface area contributed by atoms with Gasteiger partial charge in [-0.2, -0.15) is 0 Å². The third-order valence-electron chi connectivity index (χ3n) is 10.9. The standard InChI is InChI=1S/C49H35N5S3/c50-46(30-13-3-1-4-14-30)51-44-34-18-8-10-23-39(34)56-42(44)28-29-25-26-40-37(27-29)43-35(20-12-24-41(43)55-40)48-52-47(31-15-5-2-6-16-31)53-49(54-48)36-21-11-19-33-32-17-7-9-22-38(32)57-45(33)36/h1-3,5-13,15-27,47H,4,14,28H2,(H2,50,51)(H,52,53,54). The number of rotatable bonds is 7. The van der Waals surface area contributed by atoms with Crippen LogP contribution >= 0.6 is 34.0 Å². The highest BCUT2D eigenvalue weighted by Crippen LogP contribution is 2.42. The molecule has 6 aromatic carbocycles. The summed E-state index contributed by atoms with van der Waals surface area (Å²) < 4.78 is 6.19. The molecule has 0 amide bonds. The van der Waals surface area contributed by atoms with Gasteiger partial charge in [0.2, 0.25) is 0 Å². The number of hydrogen-bond acceptors (Lipinski definition) is 7. The quantitative estimate of drug-likeness (QED) is 0.125. The van der Waals surface area contributed by atoms with Crippen LogP contribution in [0.5, 0.6) is 0 Å². The number of allylic oxidation sites excluding steroid dienone is 3. The lowest BCUT2D eigenvalue weighted by Crippen LogP contribution is -2.36. The second-order valence-corrected chi connectivity index (χ2v) is 17.7. The molecule has 2 aliphatic rings. The number of aliphatic imine (C=N–C) groups is 3. The Labute approximate surface area is 341 Å². The molecule has 9 aromatic rings. The smallest absolute Gasteiger partial charge is 0.169 e. The first-order valence-corrected chi connectivity index (χ1v) is 21.6. The molecule has 0 saturated heterocycles. The highest BCUT2D eigenvalue weighted by atomic mass is 32.1. The van der Waals surface area contributed by atoms with Gasteiger partial charge in [0.25, 0.3) is 0 Å². The SMILES string of the molecule is NC(=Nc1c(Cc2ccc3sc4cccc(C5=NC(c6ccccc6)N=C(c6cccc7c6sc6ccccc67)N5)c4c3c2)sc2ccccc12)C1=CC=CCC1. The van der Waals surface area contributed by atoms with Crippen LogP contribution < -0.4 is 11.1 Å². The molecule has 274 valence electrons. The van der Waals surface area contributed by atoms with Crippen molar-refractivity contribution in [3.8, 4) is 0 Å². The monoisotopic (exact) mass is 789 g/mol. The van der Waals surface area contributed by atoms with Gasteiger partial charge >= 0.3 is 0 Å². The molecule has 0 saturated carbocycles. The Morgan fingerprint density at radius 2 is 1.37 bits per heavy atom. The maximum Gasteiger partial charge on any atom is 0.169 e. The molecule has 3 aromatic heterocycles. The highest BCUT2D eigenvalue weighted by Gasteiger charge is 2.25. The molecular formula is C49H35N5S3. The number of benzene rings is 6. The van der Waals surface area contributed by atoms with E-state index in [1.807, 2.05) is 40.1 Å². The molecule has 0 fully saturated rings. The average Bonchev–Trinajstić information content (AvgIpc) is 3.95. The Morgan fingerprint density at radius 3 is 2.21 bits per heavy atom. The number of thiophene rings is 3. The topological polar surface area (TPSA) is 75.1 Å². The first kappa shape index (κ1) is 34.1. The summed E-state index contributed by atoms with van der Waals surface area (Å²) in [7, 11) is 0. The van der Waals surface area contributed by atoms with Gasteiger partial charge in [-0.1, -0.05) is 115 Å². The Morgan fingerprint density at radius 1 is 0.667 bits per heavy atom. The summed E-state index contributed by atoms with van der Waals surface area (Å²) in [6, 6.07) is 47.6. The summed E-state index contributed by atoms with van der Waals surface area (Å²) in [6.07, 6.45) is 8.61. The first-order valence-electron chi connectivity index (χ1n) is 19.2. The van der Waals surface area contributed by atoms with E-state index in [1.165, 1.54) is 55.5 Å². The number of nitrogens with zero attached hydrogens (tertiary/aromatic N) is 3. The summed E-state index contributed by atoms with van der Waals surface area (Å²) in [5.74, 6) is 2.26. The van der Waals surface area contributed by atoms with E-state index < -0.39 is 6.17 Å². The Hall–Kier alpha value is -6.19. The van der Waals surface area contributed by atoms with Crippen LogP contribution in [0.3, 0.4) is 0 Å². The lowest BCUT2D eigenvalue weighted by molar-refractivity contribution is 0.756. The van der Waals surface area contributed by atoms with Crippen molar-refractivity contribution in [1.82, 2.24) is 5.32 Å². The van der Waals surface area contributed by atoms with Gasteiger partial charge in [-0.25, -0.2) is 15.0 Å². The fourth-order valence-electron chi connectivity index (χ4n) is 8.13. The molecule has 0 spiro atoms. The predicted octanol–water partition coefficient (Wildman–Crippen LogP) is 13.0. The molecule has 0 bridgehead atoms. The molecule has 0 radical (unpaired) electrons. The molecule has 1 aliphatic carbocycles. The summed E-state index contributed by atoms with van der Waals surface area (Å²) in [5, 5.41) is 9.86. The van der Waals surface area contributed by atoms with Crippen molar-refractivity contribution in [2.45, 2.75) is 25.4 Å². The van der Waals surface area contributed by atoms with Gasteiger partial charge in [0.05, 0.1) is 5.69 Å². The molecule has 1 aliphatic heterocycles. The molecule has 57 heavy (non-hydrogen) atoms. The van der Waals surface area contributed by atoms with Crippen molar-refractivity contribution < 1.29 is 0 Å². The van der Waals surface area contributed by atoms with E-state index in [0.29, 0.717) is 5.84 Å². The van der Waals surface area contributed by atoms with E-state index in [1.54, 1.807) is 0 Å². The second kappa shape index (κ2) is 14.1. The van der Waals surface area contributed by atoms with Crippen molar-refractivity contribution in [1.29, 1.82) is 0 Å². The van der Waals surface area contributed by atoms with Crippen molar-refractivity contribution >= 4 is 108 Å². The van der Waals surface area contributed by atoms with Crippen molar-refractivity contribution in [3.63, 3.8) is 0 Å². The fraction of sp³-hybridized carbons (Fsp3) is 0.0816. The number of fused-ring (bicyclic) bond motifs is 7. The van der Waals surface area contributed by atoms with Crippen LogP contribution in [0.25, 0.3) is 50.4 Å². The van der Waals surface area contributed by atoms with Gasteiger partial charge in [0, 0.05) is 72.9 Å². The van der Waals surface area contributed by atoms with Crippen LogP contribution in [-0.2, 0) is 6.42 Å². The van der Waals surface area contributed by atoms with Gasteiger partial charge in [-0.05, 0) is 65.9 Å². The minimum absolute atomic E-state index is 0.391. The molecule has 8 heteroatoms. The van der Waals surface area contributed by atoms with Crippen LogP contribution in [0.2, 0.25) is 0 Å². The van der Waals surface area contributed by atoms with Crippen LogP contribution in [0.4, 0.5) is 5.69 Å². The molecule has 5 nitrogen and oxygen atoms in total. The minimum Gasteiger partial charge on any atom is -0.383 e. The van der Waals surface area contributed by atoms with Crippen molar-refractivity contribution in [2.24, 2.45) is 20.7 Å². The zero-order valence-electron chi connectivity index (χ0n) is 30.8. The van der Waals surface area contributed by atoms with Crippen molar-refractivity contribution in [3.05, 3.63) is 184 Å². The Bertz CT molecular complexity index is 3210. The van der Waals surface area contributed by atoms with E-state index in [-0.39, 0.29) is 0 Å². The predicted molar refractivity (Wildman–Crippen MR) is 246 cm³/mol. The van der Waals surface area contributed by atoms with Crippen LogP contribution in [0, 0.1) is 0 Å². The Kier molecular flexibility index (Phi) is 8.42. The van der Waals surface area contributed by atoms with Crippen LogP contribution in [0.1, 0.15) is 46.1 Å². The molecule has 11 rings (SSSR count). The molecule has 1 atom stereocenters. The summed E-state index contributed by atoms with van der Waals surface area (Å²) in [5.41, 5.74) is 13.2. The zero-order chi connectivity index (χ0) is 37.9. The molecule has 3 N–H and O–H groups in total. The lowest BCUT2D eigenvalue weighted by atomic mass is 10.0. The summed E-state index contributed by atoms with van der Waals surface area (Å²) >= 11 is 5.45. The van der Waals surface area contributed by atoms with E-state index in [0.717, 1.165) is 64.3 Å². The van der Waals surface area contributed by atoms with Crippen LogP contribution in [-0.4, -0.2) is 17.5 Å². The van der Waals surface area contributed by atoms with E-state index >= 15 is 0 Å². The first-order chi connectivity index (χ1) is 28.1. The third kappa shape index (κ3) is 6.08. The Balaban J connectivity index is 1.02. The van der Waals surface area contributed by atoms with Crippen molar-refractivity contribution in [2.75, 3.05) is 0 Å². The maximum atomic E-state index is 6.67. The average molecular weight is 790 g/mol. The molecule has 4 heterocycles. The van der Waals surface area contributed by atoms with E-state index in [2.05, 4.69) is 151 Å². The normalized spacial score (nSPS) is 16.0. The number of nitrogens with one attached hydrogen (secondary N) is 1. The zero-order valence-corrected chi connectivity index (χ0v) is 33.2. The number of hydrogen-bond donors (Lipinski definition) is 2. The molecule has 1 unspecified atom stereocenters. The van der Waals surface area contributed by atoms with Gasteiger partial charge in [0.1, 0.15) is 17.5 Å². The van der Waals surface area contributed by atoms with Gasteiger partial charge in [-0.3, -0.25) is 0 Å². The maximum absolute atomic E-state index is 6.67. The van der Waals surface area contributed by atoms with Gasteiger partial charge in [-0.15, -0.1) is 34.0 Å². The van der Waals surface area contributed by atoms with Crippen LogP contribution in [0.15, 0.2) is 172 Å². The van der Waals surface area contributed by atoms with E-state index in [4.69, 9.17) is 20.7 Å². The second-order valence-electron chi connectivity index (χ2n) is 14.5. The number of nitrogens with two attached hydrogens (primary N) is 1. The largest absolute Gasteiger partial charge is 0.383 e. The minimum atomic E-state index is -0.391. The third-order valence-corrected chi connectivity index (χ3v) is 14.4. The molecular weight excluding hydrogens is 755 g/mol. The fourth-order valence-corrected chi connectivity index (χ4v) is 11.6.